The van der Waals surface area contributed by atoms with Crippen LogP contribution >= 0.6 is 0 Å². The molecule has 0 atom stereocenters. The average molecular weight is 312 g/mol. The van der Waals surface area contributed by atoms with Crippen molar-refractivity contribution in [3.8, 4) is 0 Å². The molecular weight excluding hydrogens is 292 g/mol. The van der Waals surface area contributed by atoms with E-state index in [0.717, 1.165) is 16.8 Å². The van der Waals surface area contributed by atoms with Crippen LogP contribution in [0.4, 0.5) is 16.2 Å². The molecule has 23 heavy (non-hydrogen) atoms. The highest BCUT2D eigenvalue weighted by Gasteiger charge is 2.08. The van der Waals surface area contributed by atoms with E-state index < -0.39 is 0 Å². The van der Waals surface area contributed by atoms with Gasteiger partial charge in [0.2, 0.25) is 0 Å². The van der Waals surface area contributed by atoms with Crippen LogP contribution in [-0.4, -0.2) is 18.6 Å². The van der Waals surface area contributed by atoms with Gasteiger partial charge in [-0.05, 0) is 62.2 Å². The van der Waals surface area contributed by atoms with Gasteiger partial charge in [-0.3, -0.25) is 0 Å². The fraction of sp³-hybridized carbons (Fsp3) is 0.222. The molecule has 0 fully saturated rings. The third kappa shape index (κ3) is 4.32. The fourth-order valence-corrected chi connectivity index (χ4v) is 2.08. The van der Waals surface area contributed by atoms with Gasteiger partial charge in [-0.1, -0.05) is 12.1 Å². The van der Waals surface area contributed by atoms with Gasteiger partial charge in [0.25, 0.3) is 0 Å². The average Bonchev–Trinajstić information content (AvgIpc) is 2.53. The van der Waals surface area contributed by atoms with Crippen molar-refractivity contribution < 1.29 is 14.3 Å². The van der Waals surface area contributed by atoms with Crippen LogP contribution in [0.1, 0.15) is 28.4 Å². The lowest BCUT2D eigenvalue weighted by atomic mass is 10.1. The highest BCUT2D eigenvalue weighted by Crippen LogP contribution is 2.18. The minimum atomic E-state index is -0.376. The van der Waals surface area contributed by atoms with Crippen LogP contribution in [0.2, 0.25) is 0 Å². The number of carbonyl (C=O) groups excluding carboxylic acids is 2. The van der Waals surface area contributed by atoms with E-state index in [4.69, 9.17) is 4.74 Å². The number of hydrogen-bond acceptors (Lipinski definition) is 3. The number of amides is 2. The molecule has 0 unspecified atom stereocenters. The zero-order chi connectivity index (χ0) is 16.8. The molecule has 2 amide bonds. The quantitative estimate of drug-likeness (QED) is 0.834. The lowest BCUT2D eigenvalue weighted by molar-refractivity contribution is 0.0526. The molecule has 2 aromatic rings. The van der Waals surface area contributed by atoms with Gasteiger partial charge in [-0.15, -0.1) is 0 Å². The molecule has 0 aliphatic rings. The van der Waals surface area contributed by atoms with Gasteiger partial charge in [-0.2, -0.15) is 0 Å². The zero-order valence-electron chi connectivity index (χ0n) is 13.5. The van der Waals surface area contributed by atoms with Crippen LogP contribution in [0.3, 0.4) is 0 Å². The van der Waals surface area contributed by atoms with Crippen molar-refractivity contribution in [1.29, 1.82) is 0 Å². The van der Waals surface area contributed by atoms with E-state index >= 15 is 0 Å². The minimum Gasteiger partial charge on any atom is -0.462 e. The summed E-state index contributed by atoms with van der Waals surface area (Å²) in [4.78, 5) is 23.6. The van der Waals surface area contributed by atoms with Crippen molar-refractivity contribution >= 4 is 23.4 Å². The summed E-state index contributed by atoms with van der Waals surface area (Å²) in [6.07, 6.45) is 0. The zero-order valence-corrected chi connectivity index (χ0v) is 13.5. The summed E-state index contributed by atoms with van der Waals surface area (Å²) in [5, 5.41) is 5.55. The highest BCUT2D eigenvalue weighted by molar-refractivity contribution is 6.00. The summed E-state index contributed by atoms with van der Waals surface area (Å²) >= 11 is 0. The smallest absolute Gasteiger partial charge is 0.338 e. The number of esters is 1. The van der Waals surface area contributed by atoms with E-state index in [1.807, 2.05) is 32.0 Å². The molecule has 0 radical (unpaired) electrons. The van der Waals surface area contributed by atoms with Crippen LogP contribution in [-0.2, 0) is 4.74 Å². The number of anilines is 2. The molecule has 0 bridgehead atoms. The van der Waals surface area contributed by atoms with Crippen molar-refractivity contribution in [2.24, 2.45) is 0 Å². The molecule has 0 heterocycles. The van der Waals surface area contributed by atoms with Crippen molar-refractivity contribution in [1.82, 2.24) is 0 Å². The number of nitrogens with one attached hydrogen (secondary N) is 2. The summed E-state index contributed by atoms with van der Waals surface area (Å²) in [7, 11) is 0. The monoisotopic (exact) mass is 312 g/mol. The molecule has 0 aliphatic carbocycles. The van der Waals surface area contributed by atoms with E-state index in [0.29, 0.717) is 17.9 Å². The lowest BCUT2D eigenvalue weighted by Gasteiger charge is -2.11. The molecule has 2 N–H and O–H groups in total. The molecule has 0 spiro atoms. The van der Waals surface area contributed by atoms with E-state index in [2.05, 4.69) is 10.6 Å². The Morgan fingerprint density at radius 3 is 2.35 bits per heavy atom. The van der Waals surface area contributed by atoms with Crippen molar-refractivity contribution in [2.45, 2.75) is 20.8 Å². The Kier molecular flexibility index (Phi) is 5.36. The van der Waals surface area contributed by atoms with Gasteiger partial charge in [0.15, 0.2) is 0 Å². The molecule has 5 heteroatoms. The summed E-state index contributed by atoms with van der Waals surface area (Å²) in [6.45, 7) is 6.04. The van der Waals surface area contributed by atoms with Gasteiger partial charge >= 0.3 is 12.0 Å². The van der Waals surface area contributed by atoms with Gasteiger partial charge in [-0.25, -0.2) is 9.59 Å². The Bertz CT molecular complexity index is 709. The number of hydrogen-bond donors (Lipinski definition) is 2. The second-order valence-electron chi connectivity index (χ2n) is 5.12. The van der Waals surface area contributed by atoms with Crippen molar-refractivity contribution in [3.63, 3.8) is 0 Å². The summed E-state index contributed by atoms with van der Waals surface area (Å²) < 4.78 is 4.91. The first-order valence-electron chi connectivity index (χ1n) is 7.42. The third-order valence-corrected chi connectivity index (χ3v) is 3.51. The Morgan fingerprint density at radius 2 is 1.70 bits per heavy atom. The van der Waals surface area contributed by atoms with Gasteiger partial charge < -0.3 is 15.4 Å². The van der Waals surface area contributed by atoms with E-state index in [1.54, 1.807) is 31.2 Å². The first-order valence-corrected chi connectivity index (χ1v) is 7.42. The Hall–Kier alpha value is -2.82. The van der Waals surface area contributed by atoms with Crippen molar-refractivity contribution in [3.05, 3.63) is 59.2 Å². The maximum absolute atomic E-state index is 12.1. The summed E-state index contributed by atoms with van der Waals surface area (Å²) in [5.74, 6) is -0.376. The van der Waals surface area contributed by atoms with E-state index in [1.165, 1.54) is 0 Å². The molecule has 0 aliphatic heterocycles. The molecule has 120 valence electrons. The Balaban J connectivity index is 2.00. The second kappa shape index (κ2) is 7.45. The molecule has 0 saturated heterocycles. The van der Waals surface area contributed by atoms with Crippen LogP contribution < -0.4 is 10.6 Å². The van der Waals surface area contributed by atoms with Gasteiger partial charge in [0.05, 0.1) is 12.2 Å². The second-order valence-corrected chi connectivity index (χ2v) is 5.12. The normalized spacial score (nSPS) is 10.0. The number of rotatable bonds is 4. The SMILES string of the molecule is CCOC(=O)c1ccc(NC(=O)Nc2cccc(C)c2C)cc1. The number of ether oxygens (including phenoxy) is 1. The molecule has 2 aromatic carbocycles. The molecule has 5 nitrogen and oxygen atoms in total. The number of aryl methyl sites for hydroxylation is 1. The van der Waals surface area contributed by atoms with Crippen LogP contribution in [0.5, 0.6) is 0 Å². The standard InChI is InChI=1S/C18H20N2O3/c1-4-23-17(21)14-8-10-15(11-9-14)19-18(22)20-16-7-5-6-12(2)13(16)3/h5-11H,4H2,1-3H3,(H2,19,20,22). The first-order chi connectivity index (χ1) is 11.0. The number of carbonyl (C=O) groups is 2. The predicted octanol–water partition coefficient (Wildman–Crippen LogP) is 4.12. The fourth-order valence-electron chi connectivity index (χ4n) is 2.08. The largest absolute Gasteiger partial charge is 0.462 e. The topological polar surface area (TPSA) is 67.4 Å². The Morgan fingerprint density at radius 1 is 1.00 bits per heavy atom. The third-order valence-electron chi connectivity index (χ3n) is 3.51. The summed E-state index contributed by atoms with van der Waals surface area (Å²) in [5.41, 5.74) is 3.96. The maximum Gasteiger partial charge on any atom is 0.338 e. The van der Waals surface area contributed by atoms with E-state index in [-0.39, 0.29) is 12.0 Å². The molecule has 0 aromatic heterocycles. The van der Waals surface area contributed by atoms with E-state index in [9.17, 15) is 9.59 Å². The minimum absolute atomic E-state index is 0.330. The molecule has 0 saturated carbocycles. The van der Waals surface area contributed by atoms with Crippen molar-refractivity contribution in [2.75, 3.05) is 17.2 Å². The Labute approximate surface area is 135 Å². The molecule has 2 rings (SSSR count). The number of benzene rings is 2. The number of urea groups is 1. The van der Waals surface area contributed by atoms with Crippen LogP contribution in [0.25, 0.3) is 0 Å². The maximum atomic E-state index is 12.1. The van der Waals surface area contributed by atoms with Gasteiger partial charge in [0.1, 0.15) is 0 Å². The van der Waals surface area contributed by atoms with Gasteiger partial charge in [0, 0.05) is 11.4 Å². The summed E-state index contributed by atoms with van der Waals surface area (Å²) in [6, 6.07) is 12.0. The lowest BCUT2D eigenvalue weighted by Crippen LogP contribution is -2.20. The highest BCUT2D eigenvalue weighted by atomic mass is 16.5. The first kappa shape index (κ1) is 16.5. The van der Waals surface area contributed by atoms with Crippen LogP contribution in [0.15, 0.2) is 42.5 Å². The predicted molar refractivity (Wildman–Crippen MR) is 91.0 cm³/mol. The van der Waals surface area contributed by atoms with Crippen LogP contribution in [0, 0.1) is 13.8 Å². The molecular formula is C18H20N2O3.